The smallest absolute Gasteiger partial charge is 0.234 e. The number of carbonyl (C=O) groups excluding carboxylic acids is 1. The zero-order valence-corrected chi connectivity index (χ0v) is 19.6. The summed E-state index contributed by atoms with van der Waals surface area (Å²) in [6.07, 6.45) is 0.699. The molecule has 4 rings (SSSR count). The van der Waals surface area contributed by atoms with Gasteiger partial charge in [-0.15, -0.1) is 0 Å². The highest BCUT2D eigenvalue weighted by Gasteiger charge is 2.30. The molecule has 0 saturated heterocycles. The Hall–Kier alpha value is -2.90. The molecule has 1 aromatic heterocycles. The first kappa shape index (κ1) is 22.3. The molecule has 0 unspecified atom stereocenters. The van der Waals surface area contributed by atoms with Gasteiger partial charge in [0.25, 0.3) is 0 Å². The molecule has 0 saturated carbocycles. The van der Waals surface area contributed by atoms with Crippen molar-refractivity contribution in [2.24, 2.45) is 0 Å². The van der Waals surface area contributed by atoms with Crippen molar-refractivity contribution < 1.29 is 14.3 Å². The summed E-state index contributed by atoms with van der Waals surface area (Å²) in [4.78, 5) is 22.4. The maximum Gasteiger partial charge on any atom is 0.234 e. The van der Waals surface area contributed by atoms with Crippen LogP contribution in [0.1, 0.15) is 30.7 Å². The number of rotatable bonds is 6. The Morgan fingerprint density at radius 1 is 1.19 bits per heavy atom. The molecule has 7 heteroatoms. The Labute approximate surface area is 192 Å². The van der Waals surface area contributed by atoms with E-state index in [2.05, 4.69) is 19.2 Å². The van der Waals surface area contributed by atoms with E-state index in [4.69, 9.17) is 19.4 Å². The molecular weight excluding hydrogens is 422 g/mol. The second-order valence-corrected chi connectivity index (χ2v) is 9.37. The maximum absolute atomic E-state index is 12.7. The van der Waals surface area contributed by atoms with E-state index in [0.29, 0.717) is 30.3 Å². The predicted molar refractivity (Wildman–Crippen MR) is 127 cm³/mol. The van der Waals surface area contributed by atoms with Gasteiger partial charge in [-0.3, -0.25) is 4.79 Å². The van der Waals surface area contributed by atoms with E-state index in [1.54, 1.807) is 7.11 Å². The summed E-state index contributed by atoms with van der Waals surface area (Å²) < 4.78 is 11.4. The minimum absolute atomic E-state index is 0.121. The number of nitrogens with one attached hydrogen (secondary N) is 1. The normalized spacial score (nSPS) is 14.5. The molecule has 166 valence electrons. The molecule has 3 aromatic rings. The minimum Gasteiger partial charge on any atom is -0.495 e. The number of thioether (sulfide) groups is 1. The number of amides is 1. The lowest BCUT2D eigenvalue weighted by Crippen LogP contribution is -2.33. The monoisotopic (exact) mass is 449 g/mol. The lowest BCUT2D eigenvalue weighted by Gasteiger charge is -2.32. The summed E-state index contributed by atoms with van der Waals surface area (Å²) in [5.74, 6) is 1.41. The van der Waals surface area contributed by atoms with Gasteiger partial charge in [-0.25, -0.2) is 9.97 Å². The minimum atomic E-state index is -0.281. The summed E-state index contributed by atoms with van der Waals surface area (Å²) >= 11 is 1.41. The van der Waals surface area contributed by atoms with Gasteiger partial charge in [-0.1, -0.05) is 48.2 Å². The van der Waals surface area contributed by atoms with Crippen molar-refractivity contribution >= 4 is 23.4 Å². The zero-order chi connectivity index (χ0) is 22.7. The van der Waals surface area contributed by atoms with Gasteiger partial charge in [0.1, 0.15) is 10.8 Å². The number of fused-ring (bicyclic) bond motifs is 1. The second kappa shape index (κ2) is 9.30. The Balaban J connectivity index is 1.58. The standard InChI is InChI=1S/C25H27N3O3S/c1-16-10-11-21(30-4)19(12-16)26-22(29)15-32-24-18-14-31-25(2,3)13-20(18)27-23(28-24)17-8-6-5-7-9-17/h5-12H,13-15H2,1-4H3,(H,26,29). The summed E-state index contributed by atoms with van der Waals surface area (Å²) in [5, 5.41) is 3.74. The maximum atomic E-state index is 12.7. The first-order valence-electron chi connectivity index (χ1n) is 10.5. The van der Waals surface area contributed by atoms with E-state index in [0.717, 1.165) is 27.4 Å². The highest BCUT2D eigenvalue weighted by Crippen LogP contribution is 2.34. The average Bonchev–Trinajstić information content (AvgIpc) is 2.77. The van der Waals surface area contributed by atoms with Gasteiger partial charge in [0.05, 0.1) is 36.5 Å². The van der Waals surface area contributed by atoms with E-state index in [-0.39, 0.29) is 17.3 Å². The fourth-order valence-corrected chi connectivity index (χ4v) is 4.44. The number of hydrogen-bond acceptors (Lipinski definition) is 6. The van der Waals surface area contributed by atoms with Crippen molar-refractivity contribution in [3.05, 3.63) is 65.4 Å². The highest BCUT2D eigenvalue weighted by atomic mass is 32.2. The molecule has 2 aromatic carbocycles. The van der Waals surface area contributed by atoms with Gasteiger partial charge in [0.2, 0.25) is 5.91 Å². The highest BCUT2D eigenvalue weighted by molar-refractivity contribution is 8.00. The Bertz CT molecular complexity index is 1130. The molecule has 0 bridgehead atoms. The third-order valence-electron chi connectivity index (χ3n) is 5.26. The van der Waals surface area contributed by atoms with Gasteiger partial charge in [0.15, 0.2) is 5.82 Å². The summed E-state index contributed by atoms with van der Waals surface area (Å²) in [5.41, 5.74) is 4.34. The quantitative estimate of drug-likeness (QED) is 0.420. The van der Waals surface area contributed by atoms with E-state index >= 15 is 0 Å². The molecule has 0 spiro atoms. The summed E-state index contributed by atoms with van der Waals surface area (Å²) in [7, 11) is 1.59. The van der Waals surface area contributed by atoms with Crippen molar-refractivity contribution in [2.75, 3.05) is 18.2 Å². The van der Waals surface area contributed by atoms with Gasteiger partial charge >= 0.3 is 0 Å². The van der Waals surface area contributed by atoms with Crippen LogP contribution in [0.5, 0.6) is 5.75 Å². The number of methoxy groups -OCH3 is 1. The number of carbonyl (C=O) groups is 1. The number of anilines is 1. The number of benzene rings is 2. The Morgan fingerprint density at radius 2 is 1.97 bits per heavy atom. The van der Waals surface area contributed by atoms with E-state index < -0.39 is 0 Å². The SMILES string of the molecule is COc1ccc(C)cc1NC(=O)CSc1nc(-c2ccccc2)nc2c1COC(C)(C)C2. The predicted octanol–water partition coefficient (Wildman–Crippen LogP) is 5.04. The van der Waals surface area contributed by atoms with Crippen molar-refractivity contribution in [3.63, 3.8) is 0 Å². The topological polar surface area (TPSA) is 73.3 Å². The van der Waals surface area contributed by atoms with E-state index in [1.165, 1.54) is 11.8 Å². The van der Waals surface area contributed by atoms with Crippen LogP contribution in [0.2, 0.25) is 0 Å². The third kappa shape index (κ3) is 5.11. The molecule has 2 heterocycles. The molecule has 0 fully saturated rings. The Morgan fingerprint density at radius 3 is 2.72 bits per heavy atom. The molecule has 1 aliphatic heterocycles. The van der Waals surface area contributed by atoms with Crippen LogP contribution in [0.3, 0.4) is 0 Å². The van der Waals surface area contributed by atoms with Gasteiger partial charge in [-0.05, 0) is 38.5 Å². The average molecular weight is 450 g/mol. The number of aryl methyl sites for hydroxylation is 1. The first-order chi connectivity index (χ1) is 15.3. The molecule has 6 nitrogen and oxygen atoms in total. The second-order valence-electron chi connectivity index (χ2n) is 8.41. The molecule has 1 aliphatic rings. The molecule has 0 radical (unpaired) electrons. The van der Waals surface area contributed by atoms with Crippen LogP contribution in [0.15, 0.2) is 53.6 Å². The van der Waals surface area contributed by atoms with E-state index in [1.807, 2.05) is 55.5 Å². The van der Waals surface area contributed by atoms with Crippen molar-refractivity contribution in [3.8, 4) is 17.1 Å². The molecule has 1 amide bonds. The molecule has 32 heavy (non-hydrogen) atoms. The first-order valence-corrected chi connectivity index (χ1v) is 11.5. The lowest BCUT2D eigenvalue weighted by molar-refractivity contribution is -0.113. The van der Waals surface area contributed by atoms with Gasteiger partial charge in [0, 0.05) is 17.5 Å². The van der Waals surface area contributed by atoms with Crippen molar-refractivity contribution in [1.29, 1.82) is 0 Å². The van der Waals surface area contributed by atoms with Crippen LogP contribution in [-0.2, 0) is 22.6 Å². The summed E-state index contributed by atoms with van der Waals surface area (Å²) in [6.45, 7) is 6.54. The number of ether oxygens (including phenoxy) is 2. The van der Waals surface area contributed by atoms with Crippen molar-refractivity contribution in [2.45, 2.75) is 44.4 Å². The molecular formula is C25H27N3O3S. The zero-order valence-electron chi connectivity index (χ0n) is 18.8. The third-order valence-corrected chi connectivity index (χ3v) is 6.27. The number of nitrogens with zero attached hydrogens (tertiary/aromatic N) is 2. The van der Waals surface area contributed by atoms with Crippen molar-refractivity contribution in [1.82, 2.24) is 9.97 Å². The van der Waals surface area contributed by atoms with Crippen LogP contribution < -0.4 is 10.1 Å². The Kier molecular flexibility index (Phi) is 6.48. The number of hydrogen-bond donors (Lipinski definition) is 1. The number of aromatic nitrogens is 2. The van der Waals surface area contributed by atoms with E-state index in [9.17, 15) is 4.79 Å². The van der Waals surface area contributed by atoms with Crippen LogP contribution >= 0.6 is 11.8 Å². The molecule has 0 aliphatic carbocycles. The molecule has 0 atom stereocenters. The fourth-order valence-electron chi connectivity index (χ4n) is 3.60. The molecule has 1 N–H and O–H groups in total. The fraction of sp³-hybridized carbons (Fsp3) is 0.320. The van der Waals surface area contributed by atoms with Crippen LogP contribution in [0.25, 0.3) is 11.4 Å². The van der Waals surface area contributed by atoms with Crippen LogP contribution in [0, 0.1) is 6.92 Å². The van der Waals surface area contributed by atoms with Gasteiger partial charge < -0.3 is 14.8 Å². The van der Waals surface area contributed by atoms with Crippen LogP contribution in [-0.4, -0.2) is 34.3 Å². The lowest BCUT2D eigenvalue weighted by atomic mass is 9.96. The largest absolute Gasteiger partial charge is 0.495 e. The van der Waals surface area contributed by atoms with Crippen LogP contribution in [0.4, 0.5) is 5.69 Å². The van der Waals surface area contributed by atoms with Gasteiger partial charge in [-0.2, -0.15) is 0 Å². The summed E-state index contributed by atoms with van der Waals surface area (Å²) in [6, 6.07) is 15.6.